The Kier molecular flexibility index (Phi) is 6.40. The Morgan fingerprint density at radius 1 is 0.886 bits per heavy atom. The first-order valence-electron chi connectivity index (χ1n) is 10.8. The topological polar surface area (TPSA) is 63.7 Å². The maximum Gasteiger partial charge on any atom is 0.344 e. The lowest BCUT2D eigenvalue weighted by Gasteiger charge is -2.12. The number of imide groups is 1. The summed E-state index contributed by atoms with van der Waals surface area (Å²) < 4.78 is 5.56. The summed E-state index contributed by atoms with van der Waals surface area (Å²) in [4.78, 5) is 39.5. The van der Waals surface area contributed by atoms with Crippen molar-refractivity contribution in [3.05, 3.63) is 118 Å². The normalized spacial score (nSPS) is 14.7. The Morgan fingerprint density at radius 2 is 1.60 bits per heavy atom. The van der Waals surface area contributed by atoms with Crippen LogP contribution in [0.1, 0.15) is 21.5 Å². The van der Waals surface area contributed by atoms with Crippen molar-refractivity contribution < 1.29 is 19.1 Å². The van der Waals surface area contributed by atoms with E-state index in [1.54, 1.807) is 60.7 Å². The van der Waals surface area contributed by atoms with E-state index in [9.17, 15) is 14.4 Å². The Bertz CT molecular complexity index is 1470. The number of hydrogen-bond acceptors (Lipinski definition) is 5. The standard InChI is InChI=1S/C28H18ClNO4S/c29-21-12-8-19(9-13-21)17-30-26(31)25(35-28(30)33)16-18-10-14-22(15-11-18)34-27(32)24-7-3-5-20-4-1-2-6-23(20)24/h1-16H,17H2/b25-16-. The Balaban J connectivity index is 1.28. The van der Waals surface area contributed by atoms with Crippen LogP contribution >= 0.6 is 23.4 Å². The molecule has 1 aliphatic heterocycles. The first kappa shape index (κ1) is 22.9. The second-order valence-corrected chi connectivity index (χ2v) is 9.31. The Labute approximate surface area is 211 Å². The molecule has 0 atom stereocenters. The van der Waals surface area contributed by atoms with Crippen LogP contribution in [0.25, 0.3) is 16.8 Å². The third-order valence-corrected chi connectivity index (χ3v) is 6.68. The number of carbonyl (C=O) groups is 3. The van der Waals surface area contributed by atoms with Crippen molar-refractivity contribution in [2.75, 3.05) is 0 Å². The van der Waals surface area contributed by atoms with Crippen molar-refractivity contribution in [2.45, 2.75) is 6.54 Å². The molecule has 7 heteroatoms. The number of halogens is 1. The second-order valence-electron chi connectivity index (χ2n) is 7.88. The average Bonchev–Trinajstić information content (AvgIpc) is 3.13. The minimum atomic E-state index is -0.446. The van der Waals surface area contributed by atoms with Crippen molar-refractivity contribution in [3.63, 3.8) is 0 Å². The number of esters is 1. The van der Waals surface area contributed by atoms with Gasteiger partial charge in [-0.05, 0) is 70.1 Å². The number of benzene rings is 4. The van der Waals surface area contributed by atoms with Gasteiger partial charge in [-0.3, -0.25) is 14.5 Å². The lowest BCUT2D eigenvalue weighted by molar-refractivity contribution is -0.123. The Hall–Kier alpha value is -3.87. The molecule has 1 aliphatic rings. The van der Waals surface area contributed by atoms with Gasteiger partial charge in [0.25, 0.3) is 11.1 Å². The summed E-state index contributed by atoms with van der Waals surface area (Å²) in [5, 5.41) is 2.05. The summed E-state index contributed by atoms with van der Waals surface area (Å²) >= 11 is 6.80. The molecule has 0 radical (unpaired) electrons. The summed E-state index contributed by atoms with van der Waals surface area (Å²) in [6.45, 7) is 0.183. The molecule has 0 N–H and O–H groups in total. The molecule has 1 heterocycles. The monoisotopic (exact) mass is 499 g/mol. The summed E-state index contributed by atoms with van der Waals surface area (Å²) in [6.07, 6.45) is 1.66. The molecule has 0 unspecified atom stereocenters. The van der Waals surface area contributed by atoms with Gasteiger partial charge in [-0.2, -0.15) is 0 Å². The molecule has 172 valence electrons. The molecule has 5 rings (SSSR count). The van der Waals surface area contributed by atoms with E-state index in [-0.39, 0.29) is 17.7 Å². The number of thioether (sulfide) groups is 1. The maximum atomic E-state index is 12.8. The van der Waals surface area contributed by atoms with E-state index in [2.05, 4.69) is 0 Å². The van der Waals surface area contributed by atoms with Gasteiger partial charge in [0.2, 0.25) is 0 Å². The average molecular weight is 500 g/mol. The van der Waals surface area contributed by atoms with Crippen molar-refractivity contribution in [3.8, 4) is 5.75 Å². The maximum absolute atomic E-state index is 12.8. The van der Waals surface area contributed by atoms with Crippen LogP contribution in [-0.4, -0.2) is 22.0 Å². The van der Waals surface area contributed by atoms with Crippen molar-refractivity contribution in [1.82, 2.24) is 4.90 Å². The van der Waals surface area contributed by atoms with Crippen LogP contribution in [-0.2, 0) is 11.3 Å². The van der Waals surface area contributed by atoms with Gasteiger partial charge in [0, 0.05) is 5.02 Å². The molecule has 0 bridgehead atoms. The molecule has 5 nitrogen and oxygen atoms in total. The van der Waals surface area contributed by atoms with E-state index in [0.29, 0.717) is 26.8 Å². The fraction of sp³-hybridized carbons (Fsp3) is 0.0357. The third kappa shape index (κ3) is 4.99. The molecule has 1 saturated heterocycles. The predicted molar refractivity (Wildman–Crippen MR) is 138 cm³/mol. The van der Waals surface area contributed by atoms with Gasteiger partial charge in [-0.25, -0.2) is 4.79 Å². The number of rotatable bonds is 5. The van der Waals surface area contributed by atoms with Crippen LogP contribution in [0, 0.1) is 0 Å². The van der Waals surface area contributed by atoms with Crippen molar-refractivity contribution in [2.24, 2.45) is 0 Å². The summed E-state index contributed by atoms with van der Waals surface area (Å²) in [6, 6.07) is 26.9. The molecule has 0 aliphatic carbocycles. The van der Waals surface area contributed by atoms with Gasteiger partial charge in [-0.1, -0.05) is 72.3 Å². The van der Waals surface area contributed by atoms with Crippen molar-refractivity contribution >= 4 is 57.3 Å². The fourth-order valence-corrected chi connectivity index (χ4v) is 4.72. The zero-order chi connectivity index (χ0) is 24.4. The van der Waals surface area contributed by atoms with Crippen LogP contribution in [0.15, 0.2) is 95.9 Å². The van der Waals surface area contributed by atoms with Gasteiger partial charge >= 0.3 is 5.97 Å². The highest BCUT2D eigenvalue weighted by molar-refractivity contribution is 8.18. The first-order chi connectivity index (χ1) is 17.0. The quantitative estimate of drug-likeness (QED) is 0.169. The highest BCUT2D eigenvalue weighted by Gasteiger charge is 2.34. The SMILES string of the molecule is O=C(Oc1ccc(/C=C2\SC(=O)N(Cc3ccc(Cl)cc3)C2=O)cc1)c1cccc2ccccc12. The molecule has 0 saturated carbocycles. The molecular weight excluding hydrogens is 482 g/mol. The van der Waals surface area contributed by atoms with Crippen LogP contribution in [0.4, 0.5) is 4.79 Å². The fourth-order valence-electron chi connectivity index (χ4n) is 3.76. The molecule has 4 aromatic rings. The van der Waals surface area contributed by atoms with Crippen LogP contribution < -0.4 is 4.74 Å². The Morgan fingerprint density at radius 3 is 2.37 bits per heavy atom. The lowest BCUT2D eigenvalue weighted by Crippen LogP contribution is -2.27. The van der Waals surface area contributed by atoms with Crippen molar-refractivity contribution in [1.29, 1.82) is 0 Å². The lowest BCUT2D eigenvalue weighted by atomic mass is 10.0. The smallest absolute Gasteiger partial charge is 0.344 e. The van der Waals surface area contributed by atoms with Crippen LogP contribution in [0.3, 0.4) is 0 Å². The predicted octanol–water partition coefficient (Wildman–Crippen LogP) is 6.95. The largest absolute Gasteiger partial charge is 0.423 e. The summed E-state index contributed by atoms with van der Waals surface area (Å²) in [7, 11) is 0. The summed E-state index contributed by atoms with van der Waals surface area (Å²) in [5.41, 5.74) is 2.02. The molecule has 35 heavy (non-hydrogen) atoms. The first-order valence-corrected chi connectivity index (χ1v) is 12.0. The third-order valence-electron chi connectivity index (χ3n) is 5.53. The van der Waals surface area contributed by atoms with E-state index >= 15 is 0 Å². The van der Waals surface area contributed by atoms with Gasteiger partial charge in [0.05, 0.1) is 17.0 Å². The molecule has 1 fully saturated rings. The highest BCUT2D eigenvalue weighted by atomic mass is 35.5. The molecular formula is C28H18ClNO4S. The van der Waals surface area contributed by atoms with Crippen LogP contribution in [0.5, 0.6) is 5.75 Å². The molecule has 0 aromatic heterocycles. The summed E-state index contributed by atoms with van der Waals surface area (Å²) in [5.74, 6) is -0.407. The number of fused-ring (bicyclic) bond motifs is 1. The number of hydrogen-bond donors (Lipinski definition) is 0. The van der Waals surface area contributed by atoms with E-state index in [0.717, 1.165) is 28.1 Å². The molecule has 2 amide bonds. The zero-order valence-corrected chi connectivity index (χ0v) is 19.9. The van der Waals surface area contributed by atoms with Gasteiger partial charge in [0.15, 0.2) is 0 Å². The number of ether oxygens (including phenoxy) is 1. The van der Waals surface area contributed by atoms with E-state index in [4.69, 9.17) is 16.3 Å². The highest BCUT2D eigenvalue weighted by Crippen LogP contribution is 2.33. The second kappa shape index (κ2) is 9.78. The van der Waals surface area contributed by atoms with Gasteiger partial charge in [-0.15, -0.1) is 0 Å². The number of amides is 2. The number of nitrogens with zero attached hydrogens (tertiary/aromatic N) is 1. The zero-order valence-electron chi connectivity index (χ0n) is 18.3. The minimum Gasteiger partial charge on any atom is -0.423 e. The van der Waals surface area contributed by atoms with E-state index < -0.39 is 5.97 Å². The van der Waals surface area contributed by atoms with E-state index in [1.807, 2.05) is 36.4 Å². The minimum absolute atomic E-state index is 0.183. The van der Waals surface area contributed by atoms with E-state index in [1.165, 1.54) is 4.90 Å². The van der Waals surface area contributed by atoms with Gasteiger partial charge in [0.1, 0.15) is 5.75 Å². The molecule has 0 spiro atoms. The van der Waals surface area contributed by atoms with Gasteiger partial charge < -0.3 is 4.74 Å². The van der Waals surface area contributed by atoms with Crippen LogP contribution in [0.2, 0.25) is 5.02 Å². The number of carbonyl (C=O) groups excluding carboxylic acids is 3. The molecule has 4 aromatic carbocycles.